The number of halogens is 2. The lowest BCUT2D eigenvalue weighted by molar-refractivity contribution is 0.409. The maximum atomic E-state index is 5.35. The van der Waals surface area contributed by atoms with Crippen molar-refractivity contribution >= 4 is 31.9 Å². The van der Waals surface area contributed by atoms with Crippen molar-refractivity contribution in [2.24, 2.45) is 0 Å². The second-order valence-corrected chi connectivity index (χ2v) is 6.63. The van der Waals surface area contributed by atoms with Gasteiger partial charge in [0.1, 0.15) is 5.75 Å². The molecule has 0 saturated heterocycles. The number of benzene rings is 3. The third-order valence-corrected chi connectivity index (χ3v) is 4.71. The van der Waals surface area contributed by atoms with Gasteiger partial charge in [-0.3, -0.25) is 0 Å². The molecule has 0 aromatic heterocycles. The summed E-state index contributed by atoms with van der Waals surface area (Å²) in [6, 6.07) is 23.1. The van der Waals surface area contributed by atoms with Crippen LogP contribution < -0.4 is 4.74 Å². The predicted molar refractivity (Wildman–Crippen MR) is 99.3 cm³/mol. The number of rotatable bonds is 3. The van der Waals surface area contributed by atoms with Crippen LogP contribution in [0.4, 0.5) is 0 Å². The molecule has 0 saturated carbocycles. The molecule has 0 spiro atoms. The van der Waals surface area contributed by atoms with Crippen molar-refractivity contribution in [3.63, 3.8) is 0 Å². The van der Waals surface area contributed by atoms with E-state index in [4.69, 9.17) is 4.74 Å². The molecule has 3 heteroatoms. The zero-order valence-corrected chi connectivity index (χ0v) is 15.2. The fraction of sp³-hybridized carbons (Fsp3) is 0.0526. The molecule has 0 aliphatic heterocycles. The molecular weight excluding hydrogens is 404 g/mol. The Hall–Kier alpha value is -1.58. The molecule has 0 N–H and O–H groups in total. The normalized spacial score (nSPS) is 10.5. The van der Waals surface area contributed by atoms with E-state index in [0.717, 1.165) is 20.3 Å². The van der Waals surface area contributed by atoms with Crippen LogP contribution in [-0.4, -0.2) is 7.11 Å². The Morgan fingerprint density at radius 2 is 1.09 bits per heavy atom. The van der Waals surface area contributed by atoms with E-state index >= 15 is 0 Å². The van der Waals surface area contributed by atoms with E-state index < -0.39 is 0 Å². The molecule has 22 heavy (non-hydrogen) atoms. The van der Waals surface area contributed by atoms with Crippen LogP contribution in [0.3, 0.4) is 0 Å². The molecule has 0 radical (unpaired) electrons. The van der Waals surface area contributed by atoms with E-state index in [-0.39, 0.29) is 0 Å². The number of ether oxygens (including phenoxy) is 1. The predicted octanol–water partition coefficient (Wildman–Crippen LogP) is 6.55. The average molecular weight is 418 g/mol. The average Bonchev–Trinajstić information content (AvgIpc) is 2.55. The van der Waals surface area contributed by atoms with Crippen molar-refractivity contribution in [1.29, 1.82) is 0 Å². The highest BCUT2D eigenvalue weighted by Gasteiger charge is 2.09. The lowest BCUT2D eigenvalue weighted by atomic mass is 10.0. The second kappa shape index (κ2) is 6.67. The largest absolute Gasteiger partial charge is 0.494 e. The third-order valence-electron chi connectivity index (χ3n) is 3.53. The number of methoxy groups -OCH3 is 1. The van der Waals surface area contributed by atoms with E-state index in [2.05, 4.69) is 92.5 Å². The van der Waals surface area contributed by atoms with Crippen molar-refractivity contribution in [3.8, 4) is 28.0 Å². The quantitative estimate of drug-likeness (QED) is 0.469. The van der Waals surface area contributed by atoms with Crippen LogP contribution in [0.5, 0.6) is 5.75 Å². The molecule has 3 rings (SSSR count). The maximum Gasteiger partial charge on any atom is 0.147 e. The van der Waals surface area contributed by atoms with Gasteiger partial charge < -0.3 is 4.74 Å². The minimum atomic E-state index is 0.810. The fourth-order valence-corrected chi connectivity index (χ4v) is 3.92. The van der Waals surface area contributed by atoms with Crippen molar-refractivity contribution in [2.45, 2.75) is 0 Å². The Morgan fingerprint density at radius 3 is 1.59 bits per heavy atom. The first-order chi connectivity index (χ1) is 10.7. The van der Waals surface area contributed by atoms with E-state index in [1.807, 2.05) is 6.07 Å². The highest BCUT2D eigenvalue weighted by Crippen LogP contribution is 2.38. The summed E-state index contributed by atoms with van der Waals surface area (Å²) in [6.45, 7) is 0. The topological polar surface area (TPSA) is 9.23 Å². The molecular formula is C19H14Br2O. The van der Waals surface area contributed by atoms with Crippen LogP contribution >= 0.6 is 31.9 Å². The van der Waals surface area contributed by atoms with Crippen molar-refractivity contribution in [2.75, 3.05) is 7.11 Å². The number of hydrogen-bond acceptors (Lipinski definition) is 1. The first kappa shape index (κ1) is 15.3. The molecule has 0 aliphatic carbocycles. The lowest BCUT2D eigenvalue weighted by Gasteiger charge is -2.10. The zero-order chi connectivity index (χ0) is 15.5. The standard InChI is InChI=1S/C19H14Br2O/c1-22-19-17(20)11-16(12-18(19)21)15-9-7-14(8-10-15)13-5-3-2-4-6-13/h2-12H,1H3. The van der Waals surface area contributed by atoms with Crippen molar-refractivity contribution < 1.29 is 4.74 Å². The molecule has 0 aliphatic rings. The van der Waals surface area contributed by atoms with Crippen LogP contribution in [0.25, 0.3) is 22.3 Å². The van der Waals surface area contributed by atoms with Gasteiger partial charge >= 0.3 is 0 Å². The summed E-state index contributed by atoms with van der Waals surface area (Å²) >= 11 is 7.10. The summed E-state index contributed by atoms with van der Waals surface area (Å²) in [5, 5.41) is 0. The van der Waals surface area contributed by atoms with E-state index in [1.165, 1.54) is 16.7 Å². The van der Waals surface area contributed by atoms with Crippen molar-refractivity contribution in [1.82, 2.24) is 0 Å². The molecule has 0 amide bonds. The first-order valence-corrected chi connectivity index (χ1v) is 8.46. The summed E-state index contributed by atoms with van der Waals surface area (Å²) in [5.41, 5.74) is 4.75. The third kappa shape index (κ3) is 3.11. The molecule has 0 atom stereocenters. The SMILES string of the molecule is COc1c(Br)cc(-c2ccc(-c3ccccc3)cc2)cc1Br. The van der Waals surface area contributed by atoms with Gasteiger partial charge in [-0.25, -0.2) is 0 Å². The van der Waals surface area contributed by atoms with Gasteiger partial charge in [-0.05, 0) is 66.2 Å². The summed E-state index contributed by atoms with van der Waals surface area (Å²) in [6.07, 6.45) is 0. The molecule has 0 bridgehead atoms. The van der Waals surface area contributed by atoms with Gasteiger partial charge in [0.15, 0.2) is 0 Å². The Bertz CT molecular complexity index is 757. The van der Waals surface area contributed by atoms with Gasteiger partial charge in [-0.2, -0.15) is 0 Å². The Kier molecular flexibility index (Phi) is 4.65. The van der Waals surface area contributed by atoms with Crippen LogP contribution in [-0.2, 0) is 0 Å². The second-order valence-electron chi connectivity index (χ2n) is 4.92. The van der Waals surface area contributed by atoms with E-state index in [9.17, 15) is 0 Å². The van der Waals surface area contributed by atoms with Gasteiger partial charge in [0, 0.05) is 0 Å². The van der Waals surface area contributed by atoms with Gasteiger partial charge in [0.05, 0.1) is 16.1 Å². The van der Waals surface area contributed by atoms with Gasteiger partial charge in [-0.1, -0.05) is 54.6 Å². The monoisotopic (exact) mass is 416 g/mol. The van der Waals surface area contributed by atoms with Crippen LogP contribution in [0.15, 0.2) is 75.7 Å². The molecule has 0 fully saturated rings. The smallest absolute Gasteiger partial charge is 0.147 e. The van der Waals surface area contributed by atoms with E-state index in [0.29, 0.717) is 0 Å². The Morgan fingerprint density at radius 1 is 0.636 bits per heavy atom. The fourth-order valence-electron chi connectivity index (χ4n) is 2.41. The molecule has 0 unspecified atom stereocenters. The summed E-state index contributed by atoms with van der Waals surface area (Å²) in [5.74, 6) is 0.810. The highest BCUT2D eigenvalue weighted by molar-refractivity contribution is 9.11. The maximum absolute atomic E-state index is 5.35. The zero-order valence-electron chi connectivity index (χ0n) is 12.0. The van der Waals surface area contributed by atoms with Crippen molar-refractivity contribution in [3.05, 3.63) is 75.7 Å². The summed E-state index contributed by atoms with van der Waals surface area (Å²) in [7, 11) is 1.67. The number of hydrogen-bond donors (Lipinski definition) is 0. The Balaban J connectivity index is 1.97. The molecule has 0 heterocycles. The molecule has 3 aromatic carbocycles. The molecule has 1 nitrogen and oxygen atoms in total. The van der Waals surface area contributed by atoms with Gasteiger partial charge in [0.25, 0.3) is 0 Å². The first-order valence-electron chi connectivity index (χ1n) is 6.88. The lowest BCUT2D eigenvalue weighted by Crippen LogP contribution is -1.88. The summed E-state index contributed by atoms with van der Waals surface area (Å²) in [4.78, 5) is 0. The minimum absolute atomic E-state index is 0.810. The highest BCUT2D eigenvalue weighted by atomic mass is 79.9. The van der Waals surface area contributed by atoms with Crippen LogP contribution in [0.2, 0.25) is 0 Å². The van der Waals surface area contributed by atoms with E-state index in [1.54, 1.807) is 7.11 Å². The van der Waals surface area contributed by atoms with Gasteiger partial charge in [0.2, 0.25) is 0 Å². The van der Waals surface area contributed by atoms with Gasteiger partial charge in [-0.15, -0.1) is 0 Å². The van der Waals surface area contributed by atoms with Crippen LogP contribution in [0.1, 0.15) is 0 Å². The minimum Gasteiger partial charge on any atom is -0.494 e. The summed E-state index contributed by atoms with van der Waals surface area (Å²) < 4.78 is 7.22. The van der Waals surface area contributed by atoms with Crippen LogP contribution in [0, 0.1) is 0 Å². The Labute approximate surface area is 147 Å². The molecule has 110 valence electrons. The molecule has 3 aromatic rings.